The second-order valence-corrected chi connectivity index (χ2v) is 4.43. The minimum Gasteiger partial charge on any atom is -0.342 e. The zero-order chi connectivity index (χ0) is 11.9. The van der Waals surface area contributed by atoms with Crippen LogP contribution in [0.4, 0.5) is 4.39 Å². The highest BCUT2D eigenvalue weighted by molar-refractivity contribution is 6.40. The van der Waals surface area contributed by atoms with Gasteiger partial charge in [0.1, 0.15) is 5.82 Å². The summed E-state index contributed by atoms with van der Waals surface area (Å²) in [6.45, 7) is 3.05. The lowest BCUT2D eigenvalue weighted by atomic mass is 10.2. The second-order valence-electron chi connectivity index (χ2n) is 3.64. The van der Waals surface area contributed by atoms with Crippen LogP contribution >= 0.6 is 23.2 Å². The molecule has 86 valence electrons. The average molecular weight is 261 g/mol. The first kappa shape index (κ1) is 11.7. The van der Waals surface area contributed by atoms with Gasteiger partial charge in [-0.05, 0) is 19.1 Å². The monoisotopic (exact) mass is 260 g/mol. The molecular weight excluding hydrogens is 250 g/mol. The van der Waals surface area contributed by atoms with Crippen molar-refractivity contribution in [3.05, 3.63) is 33.7 Å². The molecule has 2 N–H and O–H groups in total. The van der Waals surface area contributed by atoms with E-state index in [0.717, 1.165) is 11.2 Å². The molecule has 0 unspecified atom stereocenters. The first-order valence-electron chi connectivity index (χ1n) is 4.89. The van der Waals surface area contributed by atoms with E-state index in [1.807, 2.05) is 17.6 Å². The average Bonchev–Trinajstić information content (AvgIpc) is 2.54. The third-order valence-electron chi connectivity index (χ3n) is 2.58. The number of nitrogens with two attached hydrogens (primary N) is 1. The predicted molar refractivity (Wildman–Crippen MR) is 65.7 cm³/mol. The molecule has 1 aromatic carbocycles. The molecule has 0 radical (unpaired) electrons. The summed E-state index contributed by atoms with van der Waals surface area (Å²) < 4.78 is 15.3. The SMILES string of the molecule is Cc1cc2c(Cl)c(F)cc(Cl)c2n1CCN. The number of hydrogen-bond acceptors (Lipinski definition) is 1. The quantitative estimate of drug-likeness (QED) is 0.825. The lowest BCUT2D eigenvalue weighted by molar-refractivity contribution is 0.629. The van der Waals surface area contributed by atoms with Crippen LogP contribution in [-0.2, 0) is 6.54 Å². The van der Waals surface area contributed by atoms with Gasteiger partial charge < -0.3 is 10.3 Å². The molecular formula is C11H11Cl2FN2. The molecule has 1 heterocycles. The van der Waals surface area contributed by atoms with E-state index in [1.54, 1.807) is 0 Å². The van der Waals surface area contributed by atoms with Crippen molar-refractivity contribution in [2.75, 3.05) is 6.54 Å². The Morgan fingerprint density at radius 3 is 2.69 bits per heavy atom. The van der Waals surface area contributed by atoms with E-state index in [2.05, 4.69) is 0 Å². The van der Waals surface area contributed by atoms with E-state index in [9.17, 15) is 4.39 Å². The third-order valence-corrected chi connectivity index (χ3v) is 3.25. The van der Waals surface area contributed by atoms with E-state index in [0.29, 0.717) is 23.5 Å². The summed E-state index contributed by atoms with van der Waals surface area (Å²) in [7, 11) is 0. The smallest absolute Gasteiger partial charge is 0.144 e. The molecule has 1 aromatic heterocycles. The number of aryl methyl sites for hydroxylation is 1. The molecule has 5 heteroatoms. The van der Waals surface area contributed by atoms with Gasteiger partial charge in [0.2, 0.25) is 0 Å². The van der Waals surface area contributed by atoms with Crippen molar-refractivity contribution in [1.29, 1.82) is 0 Å². The standard InChI is InChI=1S/C11H11Cl2FN2/c1-6-4-7-10(13)9(14)5-8(12)11(7)16(6)3-2-15/h4-5H,2-3,15H2,1H3. The zero-order valence-electron chi connectivity index (χ0n) is 8.73. The Labute approximate surface area is 103 Å². The summed E-state index contributed by atoms with van der Waals surface area (Å²) in [5.74, 6) is -0.496. The van der Waals surface area contributed by atoms with Crippen LogP contribution in [0.2, 0.25) is 10.0 Å². The summed E-state index contributed by atoms with van der Waals surface area (Å²) in [4.78, 5) is 0. The molecule has 0 amide bonds. The number of halogens is 3. The number of hydrogen-bond donors (Lipinski definition) is 1. The highest BCUT2D eigenvalue weighted by Gasteiger charge is 2.15. The van der Waals surface area contributed by atoms with Gasteiger partial charge in [-0.1, -0.05) is 23.2 Å². The van der Waals surface area contributed by atoms with Gasteiger partial charge in [0.05, 0.1) is 15.6 Å². The molecule has 2 aromatic rings. The van der Waals surface area contributed by atoms with Crippen LogP contribution in [0, 0.1) is 12.7 Å². The van der Waals surface area contributed by atoms with Gasteiger partial charge in [0.25, 0.3) is 0 Å². The summed E-state index contributed by atoms with van der Waals surface area (Å²) >= 11 is 11.9. The molecule has 0 aliphatic heterocycles. The van der Waals surface area contributed by atoms with Crippen LogP contribution in [0.3, 0.4) is 0 Å². The maximum Gasteiger partial charge on any atom is 0.144 e. The lowest BCUT2D eigenvalue weighted by Gasteiger charge is -2.08. The summed E-state index contributed by atoms with van der Waals surface area (Å²) in [5.41, 5.74) is 7.24. The zero-order valence-corrected chi connectivity index (χ0v) is 10.2. The largest absolute Gasteiger partial charge is 0.342 e. The topological polar surface area (TPSA) is 30.9 Å². The van der Waals surface area contributed by atoms with Crippen LogP contribution in [0.25, 0.3) is 10.9 Å². The van der Waals surface area contributed by atoms with Crippen molar-refractivity contribution in [2.45, 2.75) is 13.5 Å². The second kappa shape index (κ2) is 4.24. The van der Waals surface area contributed by atoms with Gasteiger partial charge >= 0.3 is 0 Å². The first-order chi connectivity index (χ1) is 7.56. The number of fused-ring (bicyclic) bond motifs is 1. The van der Waals surface area contributed by atoms with Crippen molar-refractivity contribution in [2.24, 2.45) is 5.73 Å². The minimum absolute atomic E-state index is 0.110. The molecule has 2 rings (SSSR count). The van der Waals surface area contributed by atoms with Gasteiger partial charge in [-0.3, -0.25) is 0 Å². The number of benzene rings is 1. The Morgan fingerprint density at radius 1 is 1.38 bits per heavy atom. The Balaban J connectivity index is 2.83. The molecule has 0 bridgehead atoms. The molecule has 2 nitrogen and oxygen atoms in total. The molecule has 0 spiro atoms. The van der Waals surface area contributed by atoms with Gasteiger partial charge in [-0.2, -0.15) is 0 Å². The molecule has 0 aliphatic carbocycles. The Hall–Kier alpha value is -0.770. The highest BCUT2D eigenvalue weighted by atomic mass is 35.5. The number of rotatable bonds is 2. The van der Waals surface area contributed by atoms with Crippen LogP contribution in [0.1, 0.15) is 5.69 Å². The van der Waals surface area contributed by atoms with Crippen molar-refractivity contribution >= 4 is 34.1 Å². The lowest BCUT2D eigenvalue weighted by Crippen LogP contribution is -2.10. The van der Waals surface area contributed by atoms with Crippen molar-refractivity contribution in [1.82, 2.24) is 4.57 Å². The van der Waals surface area contributed by atoms with Crippen LogP contribution in [0.15, 0.2) is 12.1 Å². The van der Waals surface area contributed by atoms with Gasteiger partial charge in [0.15, 0.2) is 0 Å². The van der Waals surface area contributed by atoms with Crippen LogP contribution < -0.4 is 5.73 Å². The maximum atomic E-state index is 13.4. The van der Waals surface area contributed by atoms with E-state index < -0.39 is 5.82 Å². The van der Waals surface area contributed by atoms with Gasteiger partial charge in [-0.15, -0.1) is 0 Å². The Kier molecular flexibility index (Phi) is 3.10. The fourth-order valence-corrected chi connectivity index (χ4v) is 2.39. The van der Waals surface area contributed by atoms with E-state index in [1.165, 1.54) is 6.07 Å². The van der Waals surface area contributed by atoms with E-state index >= 15 is 0 Å². The molecule has 0 atom stereocenters. The van der Waals surface area contributed by atoms with Crippen LogP contribution in [-0.4, -0.2) is 11.1 Å². The highest BCUT2D eigenvalue weighted by Crippen LogP contribution is 2.34. The molecule has 16 heavy (non-hydrogen) atoms. The first-order valence-corrected chi connectivity index (χ1v) is 5.65. The maximum absolute atomic E-state index is 13.4. The third kappa shape index (κ3) is 1.69. The van der Waals surface area contributed by atoms with Crippen molar-refractivity contribution < 1.29 is 4.39 Å². The normalized spacial score (nSPS) is 11.3. The molecule has 0 saturated heterocycles. The predicted octanol–water partition coefficient (Wildman–Crippen LogP) is 3.35. The van der Waals surface area contributed by atoms with E-state index in [-0.39, 0.29) is 5.02 Å². The Morgan fingerprint density at radius 2 is 2.06 bits per heavy atom. The summed E-state index contributed by atoms with van der Waals surface area (Å²) in [5, 5.41) is 1.11. The van der Waals surface area contributed by atoms with Crippen molar-refractivity contribution in [3.8, 4) is 0 Å². The number of aromatic nitrogens is 1. The molecule has 0 fully saturated rings. The van der Waals surface area contributed by atoms with Gasteiger partial charge in [-0.25, -0.2) is 4.39 Å². The minimum atomic E-state index is -0.496. The summed E-state index contributed by atoms with van der Waals surface area (Å²) in [6.07, 6.45) is 0. The van der Waals surface area contributed by atoms with E-state index in [4.69, 9.17) is 28.9 Å². The fourth-order valence-electron chi connectivity index (χ4n) is 1.89. The molecule has 0 aliphatic rings. The van der Waals surface area contributed by atoms with Gasteiger partial charge in [0, 0.05) is 24.2 Å². The summed E-state index contributed by atoms with van der Waals surface area (Å²) in [6, 6.07) is 3.06. The van der Waals surface area contributed by atoms with Crippen molar-refractivity contribution in [3.63, 3.8) is 0 Å². The molecule has 0 saturated carbocycles. The Bertz CT molecular complexity index is 549. The van der Waals surface area contributed by atoms with Crippen LogP contribution in [0.5, 0.6) is 0 Å². The number of nitrogens with zero attached hydrogens (tertiary/aromatic N) is 1. The fraction of sp³-hybridized carbons (Fsp3) is 0.273.